The number of amides is 2. The summed E-state index contributed by atoms with van der Waals surface area (Å²) in [7, 11) is 1.62. The van der Waals surface area contributed by atoms with Crippen molar-refractivity contribution in [2.75, 3.05) is 17.7 Å². The molecule has 0 aromatic heterocycles. The van der Waals surface area contributed by atoms with Crippen molar-refractivity contribution >= 4 is 23.2 Å². The fraction of sp³-hybridized carbons (Fsp3) is 0.130. The van der Waals surface area contributed by atoms with Crippen LogP contribution < -0.4 is 20.1 Å². The van der Waals surface area contributed by atoms with Crippen LogP contribution in [0.15, 0.2) is 66.7 Å². The Balaban J connectivity index is 1.43. The Hall–Kier alpha value is -3.80. The van der Waals surface area contributed by atoms with Crippen molar-refractivity contribution in [3.05, 3.63) is 77.9 Å². The number of carbonyl (C=O) groups is 2. The normalized spacial score (nSPS) is 12.0. The molecule has 3 aromatic rings. The highest BCUT2D eigenvalue weighted by atomic mass is 16.5. The first kappa shape index (κ1) is 18.6. The van der Waals surface area contributed by atoms with Crippen LogP contribution in [0.1, 0.15) is 22.3 Å². The molecule has 6 nitrogen and oxygen atoms in total. The molecular weight excluding hydrogens is 368 g/mol. The van der Waals surface area contributed by atoms with Gasteiger partial charge in [0.15, 0.2) is 5.75 Å². The molecule has 0 saturated carbocycles. The van der Waals surface area contributed by atoms with Crippen molar-refractivity contribution in [3.8, 4) is 17.2 Å². The molecule has 1 aliphatic rings. The molecule has 0 atom stereocenters. The first-order chi connectivity index (χ1) is 14.1. The number of para-hydroxylation sites is 2. The second kappa shape index (κ2) is 8.06. The molecule has 1 heterocycles. The number of hydrogen-bond acceptors (Lipinski definition) is 4. The summed E-state index contributed by atoms with van der Waals surface area (Å²) in [6, 6.07) is 19.9. The maximum atomic E-state index is 12.6. The third-order valence-corrected chi connectivity index (χ3v) is 4.66. The highest BCUT2D eigenvalue weighted by molar-refractivity contribution is 6.09. The Morgan fingerprint density at radius 3 is 2.62 bits per heavy atom. The largest absolute Gasteiger partial charge is 0.497 e. The number of carbonyl (C=O) groups excluding carboxylic acids is 2. The monoisotopic (exact) mass is 388 g/mol. The average molecular weight is 388 g/mol. The van der Waals surface area contributed by atoms with Gasteiger partial charge in [-0.25, -0.2) is 0 Å². The zero-order valence-corrected chi connectivity index (χ0v) is 15.9. The van der Waals surface area contributed by atoms with Gasteiger partial charge in [-0.1, -0.05) is 24.3 Å². The Morgan fingerprint density at radius 2 is 1.83 bits per heavy atom. The van der Waals surface area contributed by atoms with E-state index in [2.05, 4.69) is 10.6 Å². The van der Waals surface area contributed by atoms with E-state index >= 15 is 0 Å². The molecule has 1 aliphatic heterocycles. The van der Waals surface area contributed by atoms with Crippen molar-refractivity contribution in [2.24, 2.45) is 0 Å². The van der Waals surface area contributed by atoms with Crippen LogP contribution in [0.5, 0.6) is 17.2 Å². The topological polar surface area (TPSA) is 76.7 Å². The van der Waals surface area contributed by atoms with Crippen molar-refractivity contribution in [3.63, 3.8) is 0 Å². The number of rotatable bonds is 5. The van der Waals surface area contributed by atoms with Gasteiger partial charge >= 0.3 is 0 Å². The van der Waals surface area contributed by atoms with Gasteiger partial charge in [0.1, 0.15) is 11.5 Å². The van der Waals surface area contributed by atoms with Gasteiger partial charge in [0.05, 0.1) is 18.4 Å². The number of anilines is 2. The minimum atomic E-state index is -0.278. The second-order valence-corrected chi connectivity index (χ2v) is 6.66. The number of benzene rings is 3. The lowest BCUT2D eigenvalue weighted by atomic mass is 10.1. The first-order valence-corrected chi connectivity index (χ1v) is 9.27. The van der Waals surface area contributed by atoms with Crippen molar-refractivity contribution in [2.45, 2.75) is 12.8 Å². The van der Waals surface area contributed by atoms with Gasteiger partial charge in [0, 0.05) is 12.1 Å². The number of aryl methyl sites for hydroxylation is 1. The fourth-order valence-corrected chi connectivity index (χ4v) is 3.11. The van der Waals surface area contributed by atoms with Crippen LogP contribution in [-0.4, -0.2) is 18.9 Å². The number of nitrogens with one attached hydrogen (secondary N) is 2. The molecule has 146 valence electrons. The van der Waals surface area contributed by atoms with E-state index < -0.39 is 0 Å². The van der Waals surface area contributed by atoms with E-state index in [4.69, 9.17) is 9.47 Å². The average Bonchev–Trinajstić information content (AvgIpc) is 2.88. The fourth-order valence-electron chi connectivity index (χ4n) is 3.11. The Morgan fingerprint density at radius 1 is 1.03 bits per heavy atom. The standard InChI is InChI=1S/C23H20N2O4/c1-28-17-10-6-15(7-11-17)8-13-22(26)24-16-9-12-20-18(14-16)23(27)25-19-4-2-3-5-21(19)29-20/h2-7,9-12,14H,8,13H2,1H3,(H,24,26)(H,25,27). The maximum absolute atomic E-state index is 12.6. The van der Waals surface area contributed by atoms with Crippen molar-refractivity contribution in [1.82, 2.24) is 0 Å². The lowest BCUT2D eigenvalue weighted by molar-refractivity contribution is -0.116. The summed E-state index contributed by atoms with van der Waals surface area (Å²) in [5.41, 5.74) is 2.58. The SMILES string of the molecule is COc1ccc(CCC(=O)Nc2ccc3c(c2)C(=O)Nc2ccccc2O3)cc1. The third-order valence-electron chi connectivity index (χ3n) is 4.66. The van der Waals surface area contributed by atoms with Crippen LogP contribution in [0.3, 0.4) is 0 Å². The smallest absolute Gasteiger partial charge is 0.259 e. The summed E-state index contributed by atoms with van der Waals surface area (Å²) < 4.78 is 11.0. The minimum absolute atomic E-state index is 0.126. The summed E-state index contributed by atoms with van der Waals surface area (Å²) in [6.45, 7) is 0. The Bertz CT molecular complexity index is 1060. The van der Waals surface area contributed by atoms with E-state index in [1.807, 2.05) is 36.4 Å². The number of ether oxygens (including phenoxy) is 2. The Labute approximate surface area is 168 Å². The van der Waals surface area contributed by atoms with Gasteiger partial charge in [-0.05, 0) is 54.4 Å². The van der Waals surface area contributed by atoms with E-state index in [0.717, 1.165) is 11.3 Å². The lowest BCUT2D eigenvalue weighted by Crippen LogP contribution is -2.14. The molecule has 0 radical (unpaired) electrons. The van der Waals surface area contributed by atoms with Crippen LogP contribution in [0.25, 0.3) is 0 Å². The van der Waals surface area contributed by atoms with Gasteiger partial charge in [0.2, 0.25) is 5.91 Å². The summed E-state index contributed by atoms with van der Waals surface area (Å²) in [4.78, 5) is 24.9. The van der Waals surface area contributed by atoms with Crippen LogP contribution in [-0.2, 0) is 11.2 Å². The molecular formula is C23H20N2O4. The van der Waals surface area contributed by atoms with Crippen LogP contribution in [0.4, 0.5) is 11.4 Å². The molecule has 0 saturated heterocycles. The maximum Gasteiger partial charge on any atom is 0.259 e. The van der Waals surface area contributed by atoms with Gasteiger partial charge in [-0.3, -0.25) is 9.59 Å². The molecule has 2 N–H and O–H groups in total. The summed E-state index contributed by atoms with van der Waals surface area (Å²) in [5.74, 6) is 1.41. The van der Waals surface area contributed by atoms with Crippen molar-refractivity contribution in [1.29, 1.82) is 0 Å². The molecule has 0 unspecified atom stereocenters. The van der Waals surface area contributed by atoms with Crippen LogP contribution >= 0.6 is 0 Å². The highest BCUT2D eigenvalue weighted by Crippen LogP contribution is 2.36. The van der Waals surface area contributed by atoms with Crippen molar-refractivity contribution < 1.29 is 19.1 Å². The predicted octanol–water partition coefficient (Wildman–Crippen LogP) is 4.62. The van der Waals surface area contributed by atoms with E-state index in [1.165, 1.54) is 0 Å². The Kier molecular flexibility index (Phi) is 5.16. The van der Waals surface area contributed by atoms with Gasteiger partial charge in [-0.15, -0.1) is 0 Å². The van der Waals surface area contributed by atoms with Gasteiger partial charge in [-0.2, -0.15) is 0 Å². The van der Waals surface area contributed by atoms with E-state index in [-0.39, 0.29) is 11.8 Å². The quantitative estimate of drug-likeness (QED) is 0.668. The molecule has 29 heavy (non-hydrogen) atoms. The molecule has 3 aromatic carbocycles. The molecule has 0 fully saturated rings. The summed E-state index contributed by atoms with van der Waals surface area (Å²) in [5, 5.41) is 5.68. The third kappa shape index (κ3) is 4.21. The zero-order chi connectivity index (χ0) is 20.2. The summed E-state index contributed by atoms with van der Waals surface area (Å²) >= 11 is 0. The number of hydrogen-bond donors (Lipinski definition) is 2. The molecule has 2 amide bonds. The predicted molar refractivity (Wildman–Crippen MR) is 111 cm³/mol. The van der Waals surface area contributed by atoms with Crippen LogP contribution in [0.2, 0.25) is 0 Å². The molecule has 0 aliphatic carbocycles. The second-order valence-electron chi connectivity index (χ2n) is 6.66. The lowest BCUT2D eigenvalue weighted by Gasteiger charge is -2.10. The minimum Gasteiger partial charge on any atom is -0.497 e. The van der Waals surface area contributed by atoms with E-state index in [0.29, 0.717) is 41.3 Å². The number of methoxy groups -OCH3 is 1. The van der Waals surface area contributed by atoms with Crippen LogP contribution in [0, 0.1) is 0 Å². The molecule has 0 bridgehead atoms. The molecule has 0 spiro atoms. The zero-order valence-electron chi connectivity index (χ0n) is 15.9. The molecule has 4 rings (SSSR count). The molecule has 6 heteroatoms. The van der Waals surface area contributed by atoms with Gasteiger partial charge < -0.3 is 20.1 Å². The van der Waals surface area contributed by atoms with E-state index in [9.17, 15) is 9.59 Å². The van der Waals surface area contributed by atoms with E-state index in [1.54, 1.807) is 37.4 Å². The highest BCUT2D eigenvalue weighted by Gasteiger charge is 2.21. The summed E-state index contributed by atoms with van der Waals surface area (Å²) in [6.07, 6.45) is 0.942. The van der Waals surface area contributed by atoms with Gasteiger partial charge in [0.25, 0.3) is 5.91 Å². The number of fused-ring (bicyclic) bond motifs is 2. The first-order valence-electron chi connectivity index (χ1n) is 9.27.